The van der Waals surface area contributed by atoms with Crippen LogP contribution in [0, 0.1) is 11.8 Å². The Balaban J connectivity index is 2.43. The van der Waals surface area contributed by atoms with Gasteiger partial charge in [0.1, 0.15) is 0 Å². The first-order valence-corrected chi connectivity index (χ1v) is 4.85. The fraction of sp³-hybridized carbons (Fsp3) is 0.778. The zero-order valence-corrected chi connectivity index (χ0v) is 8.32. The van der Waals surface area contributed by atoms with Crippen LogP contribution in [-0.2, 0) is 9.59 Å². The summed E-state index contributed by atoms with van der Waals surface area (Å²) in [5.41, 5.74) is 10.9. The maximum atomic E-state index is 11.2. The minimum atomic E-state index is -0.407. The highest BCUT2D eigenvalue weighted by Gasteiger charge is 2.29. The lowest BCUT2D eigenvalue weighted by Gasteiger charge is -2.18. The summed E-state index contributed by atoms with van der Waals surface area (Å²) in [4.78, 5) is 22.1. The molecule has 0 spiro atoms. The molecule has 0 bridgehead atoms. The maximum absolute atomic E-state index is 11.2. The summed E-state index contributed by atoms with van der Waals surface area (Å²) in [6.45, 7) is 2.40. The van der Waals surface area contributed by atoms with Crippen molar-refractivity contribution >= 4 is 11.8 Å². The molecule has 1 unspecified atom stereocenters. The van der Waals surface area contributed by atoms with E-state index in [1.807, 2.05) is 0 Å². The molecule has 1 heterocycles. The van der Waals surface area contributed by atoms with E-state index in [2.05, 4.69) is 5.32 Å². The molecule has 2 amide bonds. The van der Waals surface area contributed by atoms with E-state index in [0.717, 1.165) is 6.42 Å². The van der Waals surface area contributed by atoms with Gasteiger partial charge in [-0.1, -0.05) is 6.92 Å². The molecule has 0 aromatic rings. The lowest BCUT2D eigenvalue weighted by Crippen LogP contribution is -2.39. The van der Waals surface area contributed by atoms with Gasteiger partial charge >= 0.3 is 0 Å². The first kappa shape index (κ1) is 11.0. The molecule has 5 nitrogen and oxygen atoms in total. The lowest BCUT2D eigenvalue weighted by atomic mass is 9.91. The Hall–Kier alpha value is -1.10. The van der Waals surface area contributed by atoms with E-state index in [4.69, 9.17) is 11.5 Å². The van der Waals surface area contributed by atoms with Crippen LogP contribution in [0.3, 0.4) is 0 Å². The summed E-state index contributed by atoms with van der Waals surface area (Å²) in [6, 6.07) is -0.318. The number of nitrogens with two attached hydrogens (primary N) is 2. The molecule has 14 heavy (non-hydrogen) atoms. The number of primary amides is 1. The molecule has 5 heteroatoms. The molecule has 0 aromatic carbocycles. The monoisotopic (exact) mass is 199 g/mol. The van der Waals surface area contributed by atoms with E-state index < -0.39 is 5.91 Å². The molecule has 1 aliphatic heterocycles. The summed E-state index contributed by atoms with van der Waals surface area (Å²) in [5, 5.41) is 2.73. The highest BCUT2D eigenvalue weighted by atomic mass is 16.2. The van der Waals surface area contributed by atoms with E-state index >= 15 is 0 Å². The van der Waals surface area contributed by atoms with Crippen LogP contribution in [0.5, 0.6) is 0 Å². The molecular weight excluding hydrogens is 182 g/mol. The number of carbonyl (C=O) groups is 2. The van der Waals surface area contributed by atoms with Crippen molar-refractivity contribution < 1.29 is 9.59 Å². The fourth-order valence-electron chi connectivity index (χ4n) is 1.61. The Bertz CT molecular complexity index is 242. The van der Waals surface area contributed by atoms with Crippen LogP contribution < -0.4 is 16.8 Å². The third-order valence-electron chi connectivity index (χ3n) is 2.81. The first-order chi connectivity index (χ1) is 6.52. The summed E-state index contributed by atoms with van der Waals surface area (Å²) >= 11 is 0. The minimum Gasteiger partial charge on any atom is -0.369 e. The second-order valence-electron chi connectivity index (χ2n) is 3.87. The van der Waals surface area contributed by atoms with Gasteiger partial charge in [-0.3, -0.25) is 9.59 Å². The normalized spacial score (nSPS) is 25.6. The van der Waals surface area contributed by atoms with Crippen molar-refractivity contribution in [2.75, 3.05) is 6.54 Å². The zero-order valence-electron chi connectivity index (χ0n) is 8.32. The number of carbonyl (C=O) groups excluding carboxylic acids is 2. The highest BCUT2D eigenvalue weighted by molar-refractivity contribution is 5.81. The van der Waals surface area contributed by atoms with E-state index in [1.54, 1.807) is 6.92 Å². The predicted octanol–water partition coefficient (Wildman–Crippen LogP) is -1.04. The van der Waals surface area contributed by atoms with Crippen molar-refractivity contribution in [2.24, 2.45) is 23.3 Å². The number of nitrogens with one attached hydrogen (secondary N) is 1. The Morgan fingerprint density at radius 1 is 1.71 bits per heavy atom. The second-order valence-corrected chi connectivity index (χ2v) is 3.87. The van der Waals surface area contributed by atoms with Gasteiger partial charge < -0.3 is 16.8 Å². The van der Waals surface area contributed by atoms with Crippen LogP contribution >= 0.6 is 0 Å². The smallest absolute Gasteiger partial charge is 0.223 e. The van der Waals surface area contributed by atoms with E-state index in [9.17, 15) is 9.59 Å². The van der Waals surface area contributed by atoms with E-state index in [1.165, 1.54) is 0 Å². The molecule has 0 aromatic heterocycles. The molecule has 3 atom stereocenters. The van der Waals surface area contributed by atoms with Crippen molar-refractivity contribution in [1.82, 2.24) is 5.32 Å². The van der Waals surface area contributed by atoms with Crippen molar-refractivity contribution in [2.45, 2.75) is 25.8 Å². The molecule has 80 valence electrons. The quantitative estimate of drug-likeness (QED) is 0.539. The van der Waals surface area contributed by atoms with Crippen molar-refractivity contribution in [3.05, 3.63) is 0 Å². The largest absolute Gasteiger partial charge is 0.369 e. The Labute approximate surface area is 83.2 Å². The SMILES string of the molecule is CC(C(N)=O)[C@@H](N)C[C@@H]1CCNC1=O. The van der Waals surface area contributed by atoms with E-state index in [0.29, 0.717) is 13.0 Å². The summed E-state index contributed by atoms with van der Waals surface area (Å²) in [7, 11) is 0. The van der Waals surface area contributed by atoms with Gasteiger partial charge in [0.15, 0.2) is 0 Å². The molecule has 1 rings (SSSR count). The molecule has 1 saturated heterocycles. The van der Waals surface area contributed by atoms with Crippen LogP contribution in [0.15, 0.2) is 0 Å². The first-order valence-electron chi connectivity index (χ1n) is 4.85. The summed E-state index contributed by atoms with van der Waals surface area (Å²) in [5.74, 6) is -0.789. The number of rotatable bonds is 4. The van der Waals surface area contributed by atoms with Crippen LogP contribution in [-0.4, -0.2) is 24.4 Å². The van der Waals surface area contributed by atoms with Crippen LogP contribution in [0.25, 0.3) is 0 Å². The molecule has 0 radical (unpaired) electrons. The molecule has 1 aliphatic rings. The molecule has 5 N–H and O–H groups in total. The average molecular weight is 199 g/mol. The third-order valence-corrected chi connectivity index (χ3v) is 2.81. The molecule has 1 fully saturated rings. The van der Waals surface area contributed by atoms with Crippen LogP contribution in [0.2, 0.25) is 0 Å². The maximum Gasteiger partial charge on any atom is 0.223 e. The zero-order chi connectivity index (χ0) is 10.7. The Morgan fingerprint density at radius 3 is 2.79 bits per heavy atom. The van der Waals surface area contributed by atoms with Gasteiger partial charge in [0.2, 0.25) is 11.8 Å². The minimum absolute atomic E-state index is 0.0390. The number of hydrogen-bond acceptors (Lipinski definition) is 3. The molecule has 0 aliphatic carbocycles. The van der Waals surface area contributed by atoms with Gasteiger partial charge in [-0.05, 0) is 12.8 Å². The predicted molar refractivity (Wildman–Crippen MR) is 52.1 cm³/mol. The Kier molecular flexibility index (Phi) is 3.46. The summed E-state index contributed by atoms with van der Waals surface area (Å²) < 4.78 is 0. The van der Waals surface area contributed by atoms with Crippen molar-refractivity contribution in [1.29, 1.82) is 0 Å². The van der Waals surface area contributed by atoms with Crippen molar-refractivity contribution in [3.8, 4) is 0 Å². The summed E-state index contributed by atoms with van der Waals surface area (Å²) in [6.07, 6.45) is 1.34. The topological polar surface area (TPSA) is 98.2 Å². The van der Waals surface area contributed by atoms with Gasteiger partial charge in [0.25, 0.3) is 0 Å². The van der Waals surface area contributed by atoms with Gasteiger partial charge in [0, 0.05) is 24.4 Å². The Morgan fingerprint density at radius 2 is 2.36 bits per heavy atom. The number of hydrogen-bond donors (Lipinski definition) is 3. The lowest BCUT2D eigenvalue weighted by molar-refractivity contribution is -0.124. The van der Waals surface area contributed by atoms with Gasteiger partial charge in [-0.2, -0.15) is 0 Å². The van der Waals surface area contributed by atoms with Crippen molar-refractivity contribution in [3.63, 3.8) is 0 Å². The molecule has 0 saturated carbocycles. The average Bonchev–Trinajstić information content (AvgIpc) is 2.50. The van der Waals surface area contributed by atoms with Gasteiger partial charge in [-0.25, -0.2) is 0 Å². The van der Waals surface area contributed by atoms with Gasteiger partial charge in [-0.15, -0.1) is 0 Å². The van der Waals surface area contributed by atoms with Crippen LogP contribution in [0.1, 0.15) is 19.8 Å². The number of amides is 2. The highest BCUT2D eigenvalue weighted by Crippen LogP contribution is 2.18. The fourth-order valence-corrected chi connectivity index (χ4v) is 1.61. The van der Waals surface area contributed by atoms with Crippen LogP contribution in [0.4, 0.5) is 0 Å². The standard InChI is InChI=1S/C9H17N3O2/c1-5(8(11)13)7(10)4-6-2-3-12-9(6)14/h5-7H,2-4,10H2,1H3,(H2,11,13)(H,12,14)/t5?,6-,7-/m0/s1. The second kappa shape index (κ2) is 4.41. The van der Waals surface area contributed by atoms with Gasteiger partial charge in [0.05, 0.1) is 0 Å². The third kappa shape index (κ3) is 2.45. The molecular formula is C9H17N3O2. The van der Waals surface area contributed by atoms with E-state index in [-0.39, 0.29) is 23.8 Å².